The van der Waals surface area contributed by atoms with E-state index in [4.69, 9.17) is 5.26 Å². The van der Waals surface area contributed by atoms with Crippen LogP contribution < -0.4 is 5.32 Å². The minimum absolute atomic E-state index is 0.114. The van der Waals surface area contributed by atoms with Crippen LogP contribution in [0.5, 0.6) is 0 Å². The molecule has 0 heterocycles. The zero-order chi connectivity index (χ0) is 15.0. The summed E-state index contributed by atoms with van der Waals surface area (Å²) in [5.41, 5.74) is 0.496. The number of amides is 1. The molecule has 1 aromatic carbocycles. The second-order valence-electron chi connectivity index (χ2n) is 5.72. The summed E-state index contributed by atoms with van der Waals surface area (Å²) in [4.78, 5) is 24.1. The highest BCUT2D eigenvalue weighted by Gasteiger charge is 2.49. The van der Waals surface area contributed by atoms with Crippen LogP contribution in [0.25, 0.3) is 0 Å². The predicted octanol–water partition coefficient (Wildman–Crippen LogP) is 1.92. The first kappa shape index (κ1) is 13.7. The van der Waals surface area contributed by atoms with E-state index in [2.05, 4.69) is 5.32 Å². The summed E-state index contributed by atoms with van der Waals surface area (Å²) in [5.74, 6) is -3.13. The second kappa shape index (κ2) is 5.28. The van der Waals surface area contributed by atoms with Crippen LogP contribution in [0.15, 0.2) is 24.3 Å². The molecule has 0 bridgehead atoms. The van der Waals surface area contributed by atoms with E-state index in [-0.39, 0.29) is 23.6 Å². The van der Waals surface area contributed by atoms with Crippen LogP contribution in [-0.4, -0.2) is 17.7 Å². The minimum atomic E-state index is -1.27. The van der Waals surface area contributed by atoms with Gasteiger partial charge in [-0.2, -0.15) is 5.26 Å². The van der Waals surface area contributed by atoms with Crippen molar-refractivity contribution in [1.29, 1.82) is 5.26 Å². The number of halogens is 1. The summed E-state index contributed by atoms with van der Waals surface area (Å²) in [6.45, 7) is 0. The number of nitriles is 1. The third-order valence-electron chi connectivity index (χ3n) is 4.06. The van der Waals surface area contributed by atoms with Gasteiger partial charge in [-0.15, -0.1) is 0 Å². The topological polar surface area (TPSA) is 70.0 Å². The van der Waals surface area contributed by atoms with Gasteiger partial charge in [-0.3, -0.25) is 9.59 Å². The Balaban J connectivity index is 1.67. The first-order valence-corrected chi connectivity index (χ1v) is 7.10. The van der Waals surface area contributed by atoms with Gasteiger partial charge >= 0.3 is 0 Å². The van der Waals surface area contributed by atoms with Crippen molar-refractivity contribution in [2.45, 2.75) is 31.2 Å². The largest absolute Gasteiger partial charge is 0.352 e. The number of hydrogen-bond donors (Lipinski definition) is 1. The Hall–Kier alpha value is -2.22. The smallest absolute Gasteiger partial charge is 0.245 e. The lowest BCUT2D eigenvalue weighted by molar-refractivity contribution is -0.132. The van der Waals surface area contributed by atoms with Crippen LogP contribution in [0, 0.1) is 29.0 Å². The van der Waals surface area contributed by atoms with Crippen molar-refractivity contribution in [3.05, 3.63) is 35.6 Å². The number of Topliss-reactive ketones (excluding diaryl/α,β-unsaturated/α-hetero) is 1. The summed E-state index contributed by atoms with van der Waals surface area (Å²) < 4.78 is 13.7. The quantitative estimate of drug-likeness (QED) is 0.841. The molecule has 3 atom stereocenters. The van der Waals surface area contributed by atoms with E-state index in [1.165, 1.54) is 6.07 Å². The van der Waals surface area contributed by atoms with Gasteiger partial charge in [0.05, 0.1) is 6.07 Å². The molecule has 1 N–H and O–H groups in total. The second-order valence-corrected chi connectivity index (χ2v) is 5.72. The van der Waals surface area contributed by atoms with Gasteiger partial charge in [0.15, 0.2) is 11.7 Å². The Labute approximate surface area is 122 Å². The molecule has 3 rings (SSSR count). The van der Waals surface area contributed by atoms with Crippen molar-refractivity contribution in [2.24, 2.45) is 11.8 Å². The molecule has 2 fully saturated rings. The molecule has 0 spiro atoms. The summed E-state index contributed by atoms with van der Waals surface area (Å²) in [6.07, 6.45) is 2.31. The number of rotatable bonds is 5. The third-order valence-corrected chi connectivity index (χ3v) is 4.06. The highest BCUT2D eigenvalue weighted by atomic mass is 19.1. The molecule has 21 heavy (non-hydrogen) atoms. The van der Waals surface area contributed by atoms with Crippen LogP contribution >= 0.6 is 0 Å². The first-order chi connectivity index (χ1) is 10.1. The number of nitrogens with one attached hydrogen (secondary N) is 1. The number of ketones is 1. The Morgan fingerprint density at radius 2 is 2.05 bits per heavy atom. The number of carbonyl (C=O) groups excluding carboxylic acids is 2. The van der Waals surface area contributed by atoms with E-state index >= 15 is 0 Å². The molecule has 0 aliphatic heterocycles. The molecule has 0 aromatic heterocycles. The van der Waals surface area contributed by atoms with Gasteiger partial charge in [0.1, 0.15) is 5.82 Å². The van der Waals surface area contributed by atoms with E-state index in [9.17, 15) is 14.0 Å². The lowest BCUT2D eigenvalue weighted by atomic mass is 9.98. The highest BCUT2D eigenvalue weighted by molar-refractivity contribution is 6.06. The van der Waals surface area contributed by atoms with Gasteiger partial charge in [-0.1, -0.05) is 18.2 Å². The van der Waals surface area contributed by atoms with Crippen LogP contribution in [0.1, 0.15) is 30.7 Å². The molecule has 0 unspecified atom stereocenters. The number of hydrogen-bond acceptors (Lipinski definition) is 3. The monoisotopic (exact) mass is 286 g/mol. The van der Waals surface area contributed by atoms with Crippen LogP contribution in [0.2, 0.25) is 0 Å². The van der Waals surface area contributed by atoms with Gasteiger partial charge in [-0.05, 0) is 36.8 Å². The van der Waals surface area contributed by atoms with Crippen LogP contribution in [-0.2, 0) is 9.59 Å². The lowest BCUT2D eigenvalue weighted by Crippen LogP contribution is -2.36. The molecule has 108 valence electrons. The summed E-state index contributed by atoms with van der Waals surface area (Å²) in [6, 6.07) is 8.23. The third kappa shape index (κ3) is 2.80. The molecule has 0 saturated heterocycles. The summed E-state index contributed by atoms with van der Waals surface area (Å²) >= 11 is 0. The fourth-order valence-corrected chi connectivity index (χ4v) is 2.61. The molecule has 2 aliphatic rings. The predicted molar refractivity (Wildman–Crippen MR) is 72.5 cm³/mol. The minimum Gasteiger partial charge on any atom is -0.352 e. The van der Waals surface area contributed by atoms with Crippen LogP contribution in [0.4, 0.5) is 4.39 Å². The van der Waals surface area contributed by atoms with Crippen molar-refractivity contribution >= 4 is 11.7 Å². The maximum atomic E-state index is 13.7. The standard InChI is InChI=1S/C16H15FN2O2/c17-14-4-2-1-3-10(14)11-7-12(11)15(20)13(8-18)16(21)19-9-5-6-9/h1-4,9,11-13H,5-7H2,(H,19,21)/t11-,12-,13-/m0/s1. The molecule has 4 nitrogen and oxygen atoms in total. The fraction of sp³-hybridized carbons (Fsp3) is 0.438. The van der Waals surface area contributed by atoms with E-state index in [0.29, 0.717) is 12.0 Å². The van der Waals surface area contributed by atoms with Crippen molar-refractivity contribution in [2.75, 3.05) is 0 Å². The van der Waals surface area contributed by atoms with Crippen molar-refractivity contribution in [3.63, 3.8) is 0 Å². The molecule has 1 amide bonds. The van der Waals surface area contributed by atoms with E-state index < -0.39 is 17.7 Å². The van der Waals surface area contributed by atoms with Gasteiger partial charge < -0.3 is 5.32 Å². The molecule has 2 aliphatic carbocycles. The number of carbonyl (C=O) groups is 2. The molecular formula is C16H15FN2O2. The van der Waals surface area contributed by atoms with Gasteiger partial charge in [0.25, 0.3) is 0 Å². The average molecular weight is 286 g/mol. The summed E-state index contributed by atoms with van der Waals surface area (Å²) in [7, 11) is 0. The van der Waals surface area contributed by atoms with Gasteiger partial charge in [0.2, 0.25) is 5.91 Å². The highest BCUT2D eigenvalue weighted by Crippen LogP contribution is 2.49. The zero-order valence-electron chi connectivity index (χ0n) is 11.4. The Kier molecular flexibility index (Phi) is 3.46. The fourth-order valence-electron chi connectivity index (χ4n) is 2.61. The number of benzene rings is 1. The first-order valence-electron chi connectivity index (χ1n) is 7.10. The number of nitrogens with zero attached hydrogens (tertiary/aromatic N) is 1. The Bertz CT molecular complexity index is 633. The van der Waals surface area contributed by atoms with Crippen LogP contribution in [0.3, 0.4) is 0 Å². The SMILES string of the molecule is N#C[C@H](C(=O)NC1CC1)C(=O)[C@H]1C[C@H]1c1ccccc1F. The Morgan fingerprint density at radius 1 is 1.33 bits per heavy atom. The molecular weight excluding hydrogens is 271 g/mol. The molecule has 2 saturated carbocycles. The van der Waals surface area contributed by atoms with E-state index in [1.807, 2.05) is 0 Å². The normalized spacial score (nSPS) is 24.8. The molecule has 5 heteroatoms. The maximum absolute atomic E-state index is 13.7. The Morgan fingerprint density at radius 3 is 2.67 bits per heavy atom. The molecule has 1 aromatic rings. The lowest BCUT2D eigenvalue weighted by Gasteiger charge is -2.08. The van der Waals surface area contributed by atoms with Crippen molar-refractivity contribution in [3.8, 4) is 6.07 Å². The zero-order valence-corrected chi connectivity index (χ0v) is 11.4. The van der Waals surface area contributed by atoms with Crippen molar-refractivity contribution < 1.29 is 14.0 Å². The summed E-state index contributed by atoms with van der Waals surface area (Å²) in [5, 5.41) is 11.8. The van der Waals surface area contributed by atoms with Crippen molar-refractivity contribution in [1.82, 2.24) is 5.32 Å². The van der Waals surface area contributed by atoms with E-state index in [0.717, 1.165) is 12.8 Å². The average Bonchev–Trinajstić information content (AvgIpc) is 3.34. The maximum Gasteiger partial charge on any atom is 0.245 e. The van der Waals surface area contributed by atoms with Gasteiger partial charge in [0, 0.05) is 12.0 Å². The van der Waals surface area contributed by atoms with E-state index in [1.54, 1.807) is 24.3 Å². The molecule has 0 radical (unpaired) electrons. The van der Waals surface area contributed by atoms with Gasteiger partial charge in [-0.25, -0.2) is 4.39 Å².